The van der Waals surface area contributed by atoms with Gasteiger partial charge in [-0.2, -0.15) is 0 Å². The summed E-state index contributed by atoms with van der Waals surface area (Å²) in [5, 5.41) is 3.43. The molecule has 0 aliphatic carbocycles. The first-order valence-electron chi connectivity index (χ1n) is 7.32. The highest BCUT2D eigenvalue weighted by Crippen LogP contribution is 2.39. The van der Waals surface area contributed by atoms with Gasteiger partial charge in [-0.25, -0.2) is 8.78 Å². The molecule has 1 N–H and O–H groups in total. The molecular formula is C16H23F2NO2. The van der Waals surface area contributed by atoms with Crippen molar-refractivity contribution < 1.29 is 18.3 Å². The quantitative estimate of drug-likeness (QED) is 0.902. The number of nitrogens with one attached hydrogen (secondary N) is 1. The van der Waals surface area contributed by atoms with Gasteiger partial charge in [0.1, 0.15) is 0 Å². The predicted octanol–water partition coefficient (Wildman–Crippen LogP) is 3.50. The Morgan fingerprint density at radius 3 is 2.52 bits per heavy atom. The van der Waals surface area contributed by atoms with Crippen LogP contribution in [0.1, 0.15) is 37.3 Å². The van der Waals surface area contributed by atoms with Gasteiger partial charge in [0, 0.05) is 24.1 Å². The summed E-state index contributed by atoms with van der Waals surface area (Å²) in [5.74, 6) is -1.98. The number of benzene rings is 1. The van der Waals surface area contributed by atoms with Gasteiger partial charge in [0.25, 0.3) is 5.92 Å². The van der Waals surface area contributed by atoms with Crippen molar-refractivity contribution in [1.29, 1.82) is 0 Å². The Balaban J connectivity index is 2.35. The van der Waals surface area contributed by atoms with Crippen molar-refractivity contribution in [3.63, 3.8) is 0 Å². The van der Waals surface area contributed by atoms with E-state index in [-0.39, 0.29) is 5.56 Å². The Morgan fingerprint density at radius 2 is 2.00 bits per heavy atom. The molecule has 1 unspecified atom stereocenters. The van der Waals surface area contributed by atoms with Crippen molar-refractivity contribution in [2.24, 2.45) is 0 Å². The Bertz CT molecular complexity index is 480. The molecule has 2 rings (SSSR count). The standard InChI is InChI=1S/C16H23F2NO2/c1-16(17,18)12-8-11(9-13-6-4-5-7-19-13)15(21-3)14(10-12)20-2/h8,10,13,19H,4-7,9H2,1-3H3. The van der Waals surface area contributed by atoms with E-state index in [2.05, 4.69) is 5.32 Å². The summed E-state index contributed by atoms with van der Waals surface area (Å²) in [7, 11) is 3.01. The maximum absolute atomic E-state index is 13.7. The lowest BCUT2D eigenvalue weighted by Gasteiger charge is -2.25. The van der Waals surface area contributed by atoms with Crippen LogP contribution >= 0.6 is 0 Å². The molecule has 1 fully saturated rings. The lowest BCUT2D eigenvalue weighted by Crippen LogP contribution is -2.35. The highest BCUT2D eigenvalue weighted by molar-refractivity contribution is 5.50. The smallest absolute Gasteiger partial charge is 0.270 e. The van der Waals surface area contributed by atoms with Crippen LogP contribution < -0.4 is 14.8 Å². The molecule has 1 heterocycles. The summed E-state index contributed by atoms with van der Waals surface area (Å²) in [6.45, 7) is 1.88. The summed E-state index contributed by atoms with van der Waals surface area (Å²) in [4.78, 5) is 0. The van der Waals surface area contributed by atoms with Crippen LogP contribution in [-0.4, -0.2) is 26.8 Å². The topological polar surface area (TPSA) is 30.5 Å². The van der Waals surface area contributed by atoms with Crippen molar-refractivity contribution in [3.05, 3.63) is 23.3 Å². The number of hydrogen-bond donors (Lipinski definition) is 1. The minimum atomic E-state index is -2.89. The van der Waals surface area contributed by atoms with E-state index in [4.69, 9.17) is 9.47 Å². The summed E-state index contributed by atoms with van der Waals surface area (Å²) < 4.78 is 37.9. The third-order valence-corrected chi connectivity index (χ3v) is 3.94. The van der Waals surface area contributed by atoms with Crippen molar-refractivity contribution in [1.82, 2.24) is 5.32 Å². The van der Waals surface area contributed by atoms with E-state index >= 15 is 0 Å². The van der Waals surface area contributed by atoms with Gasteiger partial charge < -0.3 is 14.8 Å². The predicted molar refractivity (Wildman–Crippen MR) is 78.5 cm³/mol. The number of alkyl halides is 2. The maximum Gasteiger partial charge on any atom is 0.270 e. The lowest BCUT2D eigenvalue weighted by atomic mass is 9.95. The van der Waals surface area contributed by atoms with Gasteiger partial charge in [-0.15, -0.1) is 0 Å². The van der Waals surface area contributed by atoms with E-state index in [0.29, 0.717) is 24.0 Å². The molecule has 1 aliphatic rings. The highest BCUT2D eigenvalue weighted by Gasteiger charge is 2.28. The fourth-order valence-electron chi connectivity index (χ4n) is 2.81. The molecule has 1 aromatic carbocycles. The Morgan fingerprint density at radius 1 is 1.24 bits per heavy atom. The van der Waals surface area contributed by atoms with Crippen LogP contribution in [0.25, 0.3) is 0 Å². The largest absolute Gasteiger partial charge is 0.493 e. The zero-order valence-electron chi connectivity index (χ0n) is 12.8. The first-order chi connectivity index (χ1) is 9.95. The first kappa shape index (κ1) is 16.0. The van der Waals surface area contributed by atoms with Gasteiger partial charge in [-0.05, 0) is 37.9 Å². The fraction of sp³-hybridized carbons (Fsp3) is 0.625. The van der Waals surface area contributed by atoms with Crippen LogP contribution in [0.5, 0.6) is 11.5 Å². The molecule has 0 aromatic heterocycles. The summed E-state index contributed by atoms with van der Waals surface area (Å²) in [5.41, 5.74) is 0.735. The average Bonchev–Trinajstić information content (AvgIpc) is 2.46. The molecule has 1 atom stereocenters. The van der Waals surface area contributed by atoms with Gasteiger partial charge in [0.05, 0.1) is 14.2 Å². The van der Waals surface area contributed by atoms with E-state index in [1.54, 1.807) is 7.11 Å². The van der Waals surface area contributed by atoms with Gasteiger partial charge in [0.2, 0.25) is 0 Å². The maximum atomic E-state index is 13.7. The zero-order chi connectivity index (χ0) is 15.5. The number of rotatable bonds is 5. The summed E-state index contributed by atoms with van der Waals surface area (Å²) in [6, 6.07) is 3.20. The fourth-order valence-corrected chi connectivity index (χ4v) is 2.81. The van der Waals surface area contributed by atoms with Crippen LogP contribution in [0.2, 0.25) is 0 Å². The van der Waals surface area contributed by atoms with Crippen LogP contribution in [-0.2, 0) is 12.3 Å². The molecular weight excluding hydrogens is 276 g/mol. The Labute approximate surface area is 124 Å². The number of methoxy groups -OCH3 is 2. The minimum Gasteiger partial charge on any atom is -0.493 e. The monoisotopic (exact) mass is 299 g/mol. The van der Waals surface area contributed by atoms with E-state index < -0.39 is 5.92 Å². The van der Waals surface area contributed by atoms with Crippen molar-refractivity contribution >= 4 is 0 Å². The average molecular weight is 299 g/mol. The van der Waals surface area contributed by atoms with Gasteiger partial charge in [0.15, 0.2) is 11.5 Å². The third-order valence-electron chi connectivity index (χ3n) is 3.94. The molecule has 0 radical (unpaired) electrons. The second-order valence-corrected chi connectivity index (χ2v) is 5.61. The van der Waals surface area contributed by atoms with Gasteiger partial charge in [-0.3, -0.25) is 0 Å². The highest BCUT2D eigenvalue weighted by atomic mass is 19.3. The normalized spacial score (nSPS) is 19.4. The van der Waals surface area contributed by atoms with E-state index in [0.717, 1.165) is 25.5 Å². The zero-order valence-corrected chi connectivity index (χ0v) is 12.8. The second-order valence-electron chi connectivity index (χ2n) is 5.61. The number of hydrogen-bond acceptors (Lipinski definition) is 3. The molecule has 0 spiro atoms. The SMILES string of the molecule is COc1cc(C(C)(F)F)cc(CC2CCCCN2)c1OC. The van der Waals surface area contributed by atoms with Gasteiger partial charge in [-0.1, -0.05) is 6.42 Å². The number of halogens is 2. The third kappa shape index (κ3) is 3.84. The Kier molecular flexibility index (Phi) is 5.04. The summed E-state index contributed by atoms with van der Waals surface area (Å²) >= 11 is 0. The van der Waals surface area contributed by atoms with E-state index in [1.165, 1.54) is 32.1 Å². The second kappa shape index (κ2) is 6.60. The molecule has 118 valence electrons. The molecule has 0 saturated carbocycles. The van der Waals surface area contributed by atoms with Gasteiger partial charge >= 0.3 is 0 Å². The summed E-state index contributed by atoms with van der Waals surface area (Å²) in [6.07, 6.45) is 4.06. The molecule has 0 amide bonds. The van der Waals surface area contributed by atoms with Crippen molar-refractivity contribution in [3.8, 4) is 11.5 Å². The Hall–Kier alpha value is -1.36. The van der Waals surface area contributed by atoms with Crippen LogP contribution in [0.15, 0.2) is 12.1 Å². The van der Waals surface area contributed by atoms with Crippen molar-refractivity contribution in [2.75, 3.05) is 20.8 Å². The van der Waals surface area contributed by atoms with E-state index in [1.807, 2.05) is 0 Å². The number of ether oxygens (including phenoxy) is 2. The van der Waals surface area contributed by atoms with E-state index in [9.17, 15) is 8.78 Å². The first-order valence-corrected chi connectivity index (χ1v) is 7.32. The minimum absolute atomic E-state index is 0.0361. The molecule has 1 aliphatic heterocycles. The molecule has 1 aromatic rings. The van der Waals surface area contributed by atoms with Crippen molar-refractivity contribution in [2.45, 2.75) is 44.6 Å². The van der Waals surface area contributed by atoms with Crippen LogP contribution in [0, 0.1) is 0 Å². The molecule has 1 saturated heterocycles. The lowest BCUT2D eigenvalue weighted by molar-refractivity contribution is 0.0171. The molecule has 0 bridgehead atoms. The molecule has 21 heavy (non-hydrogen) atoms. The van der Waals surface area contributed by atoms with Crippen LogP contribution in [0.4, 0.5) is 8.78 Å². The van der Waals surface area contributed by atoms with Crippen LogP contribution in [0.3, 0.4) is 0 Å². The molecule has 5 heteroatoms. The number of piperidine rings is 1. The molecule has 3 nitrogen and oxygen atoms in total.